The number of carbonyl (C=O) groups is 1. The summed E-state index contributed by atoms with van der Waals surface area (Å²) >= 11 is 5.68. The summed E-state index contributed by atoms with van der Waals surface area (Å²) < 4.78 is 5.10. The van der Waals surface area contributed by atoms with Gasteiger partial charge in [0.2, 0.25) is 0 Å². The van der Waals surface area contributed by atoms with Gasteiger partial charge in [-0.3, -0.25) is 4.79 Å². The van der Waals surface area contributed by atoms with E-state index in [1.54, 1.807) is 17.2 Å². The fourth-order valence-corrected chi connectivity index (χ4v) is 4.78. The van der Waals surface area contributed by atoms with E-state index < -0.39 is 5.03 Å². The van der Waals surface area contributed by atoms with E-state index in [0.29, 0.717) is 31.2 Å². The number of hydrazone groups is 1. The van der Waals surface area contributed by atoms with E-state index in [-0.39, 0.29) is 24.6 Å². The van der Waals surface area contributed by atoms with Crippen molar-refractivity contribution >= 4 is 23.5 Å². The molecular weight excluding hydrogens is 618 g/mol. The summed E-state index contributed by atoms with van der Waals surface area (Å²) in [5.41, 5.74) is 3.56. The molecule has 10 nitrogen and oxygen atoms in total. The van der Waals surface area contributed by atoms with Crippen molar-refractivity contribution < 1.29 is 19.7 Å². The molecule has 0 unspecified atom stereocenters. The molecule has 0 saturated carbocycles. The van der Waals surface area contributed by atoms with Gasteiger partial charge in [0.25, 0.3) is 5.96 Å². The molecule has 2 heterocycles. The SMILES string of the molecule is CC(C)=CCC/C(C)=C/CO.CCCCCCCCCCCCCC(=O)OC(C)C.O=[N+]([O-])/N=C1\NCCN1Cc1ccc(Cl)nc1. The fraction of sp³-hybridized carbons (Fsp3) is 0.694. The molecule has 2 N–H and O–H groups in total. The Morgan fingerprint density at radius 2 is 1.68 bits per heavy atom. The van der Waals surface area contributed by atoms with Crippen molar-refractivity contribution in [1.82, 2.24) is 15.2 Å². The number of nitro groups is 1. The molecule has 11 heteroatoms. The van der Waals surface area contributed by atoms with Crippen LogP contribution in [0.1, 0.15) is 137 Å². The molecule has 0 amide bonds. The van der Waals surface area contributed by atoms with Gasteiger partial charge in [-0.25, -0.2) is 15.1 Å². The minimum Gasteiger partial charge on any atom is -0.463 e. The molecule has 1 aromatic rings. The normalized spacial score (nSPS) is 13.3. The Morgan fingerprint density at radius 1 is 1.06 bits per heavy atom. The van der Waals surface area contributed by atoms with E-state index >= 15 is 0 Å². The molecule has 1 aliphatic heterocycles. The first-order valence-electron chi connectivity index (χ1n) is 17.4. The van der Waals surface area contributed by atoms with Crippen molar-refractivity contribution in [2.45, 2.75) is 144 Å². The molecule has 1 aliphatic rings. The Labute approximate surface area is 289 Å². The highest BCUT2D eigenvalue weighted by atomic mass is 35.5. The summed E-state index contributed by atoms with van der Waals surface area (Å²) in [7, 11) is 0. The first kappa shape index (κ1) is 44.0. The van der Waals surface area contributed by atoms with Crippen molar-refractivity contribution in [2.24, 2.45) is 5.10 Å². The van der Waals surface area contributed by atoms with Gasteiger partial charge in [-0.1, -0.05) is 112 Å². The fourth-order valence-electron chi connectivity index (χ4n) is 4.67. The number of rotatable bonds is 20. The zero-order valence-corrected chi connectivity index (χ0v) is 30.7. The smallest absolute Gasteiger partial charge is 0.306 e. The van der Waals surface area contributed by atoms with Gasteiger partial charge in [-0.05, 0) is 65.5 Å². The summed E-state index contributed by atoms with van der Waals surface area (Å²) in [6.07, 6.45) is 22.9. The van der Waals surface area contributed by atoms with Crippen LogP contribution in [0.15, 0.2) is 46.7 Å². The molecule has 0 atom stereocenters. The largest absolute Gasteiger partial charge is 0.463 e. The molecule has 1 fully saturated rings. The van der Waals surface area contributed by atoms with Gasteiger partial charge < -0.3 is 20.1 Å². The van der Waals surface area contributed by atoms with Crippen LogP contribution in [0.4, 0.5) is 0 Å². The number of unbranched alkanes of at least 4 members (excludes halogenated alkanes) is 10. The molecule has 1 saturated heterocycles. The van der Waals surface area contributed by atoms with Crippen LogP contribution in [-0.4, -0.2) is 57.8 Å². The zero-order chi connectivity index (χ0) is 35.3. The Morgan fingerprint density at radius 3 is 2.19 bits per heavy atom. The van der Waals surface area contributed by atoms with E-state index in [0.717, 1.165) is 24.8 Å². The van der Waals surface area contributed by atoms with E-state index in [9.17, 15) is 14.9 Å². The number of carbonyl (C=O) groups excluding carboxylic acids is 1. The number of ether oxygens (including phenoxy) is 1. The van der Waals surface area contributed by atoms with E-state index in [1.807, 2.05) is 26.0 Å². The first-order valence-corrected chi connectivity index (χ1v) is 17.8. The second-order valence-corrected chi connectivity index (χ2v) is 12.8. The average Bonchev–Trinajstić information content (AvgIpc) is 3.43. The minimum atomic E-state index is -0.708. The topological polar surface area (TPSA) is 130 Å². The highest BCUT2D eigenvalue weighted by Gasteiger charge is 2.21. The van der Waals surface area contributed by atoms with Crippen LogP contribution in [0.25, 0.3) is 0 Å². The number of esters is 1. The van der Waals surface area contributed by atoms with Crippen LogP contribution in [0.3, 0.4) is 0 Å². The molecule has 268 valence electrons. The number of aliphatic hydroxyl groups excluding tert-OH is 1. The van der Waals surface area contributed by atoms with Crippen LogP contribution in [-0.2, 0) is 16.1 Å². The number of pyridine rings is 1. The predicted molar refractivity (Wildman–Crippen MR) is 194 cm³/mol. The van der Waals surface area contributed by atoms with Crippen molar-refractivity contribution in [3.63, 3.8) is 0 Å². The van der Waals surface area contributed by atoms with Crippen LogP contribution in [0, 0.1) is 10.1 Å². The lowest BCUT2D eigenvalue weighted by Crippen LogP contribution is -2.30. The van der Waals surface area contributed by atoms with Gasteiger partial charge in [-0.2, -0.15) is 0 Å². The standard InChI is InChI=1S/C17H34O2.C10H18O.C9H10ClN5O2/c1-4-5-6-7-8-9-10-11-12-13-14-15-17(18)19-16(2)3;1-9(2)5-4-6-10(3)7-8-11;10-8-2-1-7(5-12-8)6-14-4-3-11-9(14)13-15(16)17/h16H,4-15H2,1-3H3;5,7,11H,4,6,8H2,1-3H3;1-2,5H,3-4,6H2,(H,11,13)/b;10-7+;. The Bertz CT molecular complexity index is 1060. The van der Waals surface area contributed by atoms with Crippen LogP contribution in [0.2, 0.25) is 5.15 Å². The number of hydrogen-bond acceptors (Lipinski definition) is 6. The number of aliphatic hydroxyl groups is 1. The first-order chi connectivity index (χ1) is 22.5. The molecule has 47 heavy (non-hydrogen) atoms. The van der Waals surface area contributed by atoms with Gasteiger partial charge in [0, 0.05) is 32.3 Å². The predicted octanol–water partition coefficient (Wildman–Crippen LogP) is 9.00. The number of halogens is 1. The lowest BCUT2D eigenvalue weighted by atomic mass is 10.1. The van der Waals surface area contributed by atoms with Gasteiger partial charge in [0.05, 0.1) is 12.7 Å². The number of hydrogen-bond donors (Lipinski definition) is 2. The Hall–Kier alpha value is -2.98. The minimum absolute atomic E-state index is 0.0280. The Balaban J connectivity index is 0.000000699. The molecule has 0 radical (unpaired) electrons. The maximum Gasteiger partial charge on any atom is 0.306 e. The molecule has 1 aromatic heterocycles. The number of allylic oxidation sites excluding steroid dienone is 3. The maximum atomic E-state index is 11.3. The average molecular weight is 680 g/mol. The molecule has 0 bridgehead atoms. The maximum absolute atomic E-state index is 11.3. The third-order valence-electron chi connectivity index (χ3n) is 7.19. The second kappa shape index (κ2) is 29.2. The van der Waals surface area contributed by atoms with Crippen molar-refractivity contribution in [1.29, 1.82) is 0 Å². The third kappa shape index (κ3) is 27.8. The summed E-state index contributed by atoms with van der Waals surface area (Å²) in [6, 6.07) is 3.52. The van der Waals surface area contributed by atoms with Crippen molar-refractivity contribution in [3.8, 4) is 0 Å². The lowest BCUT2D eigenvalue weighted by Gasteiger charge is -2.14. The van der Waals surface area contributed by atoms with Crippen molar-refractivity contribution in [2.75, 3.05) is 19.7 Å². The molecule has 0 spiro atoms. The third-order valence-corrected chi connectivity index (χ3v) is 7.41. The van der Waals surface area contributed by atoms with Gasteiger partial charge in [0.1, 0.15) is 10.3 Å². The zero-order valence-electron chi connectivity index (χ0n) is 29.9. The quantitative estimate of drug-likeness (QED) is 0.0349. The Kier molecular flexibility index (Phi) is 27.3. The van der Waals surface area contributed by atoms with Gasteiger partial charge in [-0.15, -0.1) is 0 Å². The molecule has 2 rings (SSSR count). The summed E-state index contributed by atoms with van der Waals surface area (Å²) in [5.74, 6) is 0.246. The van der Waals surface area contributed by atoms with Gasteiger partial charge in [0.15, 0.2) is 5.03 Å². The van der Waals surface area contributed by atoms with Crippen LogP contribution in [0.5, 0.6) is 0 Å². The molecule has 0 aromatic carbocycles. The number of aromatic nitrogens is 1. The number of guanidine groups is 1. The molecule has 0 aliphatic carbocycles. The second-order valence-electron chi connectivity index (χ2n) is 12.4. The van der Waals surface area contributed by atoms with E-state index in [4.69, 9.17) is 21.4 Å². The van der Waals surface area contributed by atoms with Crippen LogP contribution < -0.4 is 5.32 Å². The highest BCUT2D eigenvalue weighted by molar-refractivity contribution is 6.29. The summed E-state index contributed by atoms with van der Waals surface area (Å²) in [5, 5.41) is 24.7. The van der Waals surface area contributed by atoms with Crippen LogP contribution >= 0.6 is 11.6 Å². The monoisotopic (exact) mass is 679 g/mol. The van der Waals surface area contributed by atoms with Gasteiger partial charge >= 0.3 is 5.97 Å². The molecular formula is C36H62ClN5O5. The number of nitrogens with one attached hydrogen (secondary N) is 1. The summed E-state index contributed by atoms with van der Waals surface area (Å²) in [4.78, 5) is 27.3. The summed E-state index contributed by atoms with van der Waals surface area (Å²) in [6.45, 7) is 14.3. The lowest BCUT2D eigenvalue weighted by molar-refractivity contribution is -0.485. The highest BCUT2D eigenvalue weighted by Crippen LogP contribution is 2.13. The number of nitrogens with zero attached hydrogens (tertiary/aromatic N) is 4. The van der Waals surface area contributed by atoms with E-state index in [1.165, 1.54) is 75.4 Å². The van der Waals surface area contributed by atoms with E-state index in [2.05, 4.69) is 49.2 Å². The van der Waals surface area contributed by atoms with Crippen molar-refractivity contribution in [3.05, 3.63) is 62.5 Å².